The Morgan fingerprint density at radius 3 is 1.34 bits per heavy atom. The second kappa shape index (κ2) is 25.1. The van der Waals surface area contributed by atoms with Crippen LogP contribution in [0.4, 0.5) is 0 Å². The van der Waals surface area contributed by atoms with Gasteiger partial charge < -0.3 is 57.2 Å². The molecule has 6 aromatic rings. The number of rotatable bonds is 15. The Labute approximate surface area is 572 Å². The van der Waals surface area contributed by atoms with Crippen LogP contribution in [0.3, 0.4) is 0 Å². The van der Waals surface area contributed by atoms with Crippen molar-refractivity contribution in [3.05, 3.63) is 162 Å². The average molecular weight is 1350 g/mol. The fourth-order valence-electron chi connectivity index (χ4n) is 18.0. The van der Waals surface area contributed by atoms with E-state index in [0.717, 1.165) is 50.1 Å². The van der Waals surface area contributed by atoms with Gasteiger partial charge in [-0.2, -0.15) is 10.5 Å². The van der Waals surface area contributed by atoms with Gasteiger partial charge in [-0.25, -0.2) is 0 Å². The monoisotopic (exact) mass is 1340 g/mol. The van der Waals surface area contributed by atoms with Crippen molar-refractivity contribution in [1.82, 2.24) is 29.4 Å². The number of aromatic hydroxyl groups is 1. The molecule has 2 saturated heterocycles. The smallest absolute Gasteiger partial charge is 0.261 e. The number of carbonyl (C=O) groups is 4. The summed E-state index contributed by atoms with van der Waals surface area (Å²) in [6.45, 7) is 11.8. The van der Waals surface area contributed by atoms with Crippen molar-refractivity contribution >= 4 is 23.6 Å². The molecule has 6 aromatic carbocycles. The zero-order valence-electron chi connectivity index (χ0n) is 56.8. The van der Waals surface area contributed by atoms with Gasteiger partial charge in [0.15, 0.2) is 59.6 Å². The molecule has 0 saturated carbocycles. The molecule has 10 atom stereocenters. The van der Waals surface area contributed by atoms with E-state index in [0.29, 0.717) is 116 Å². The van der Waals surface area contributed by atoms with Crippen molar-refractivity contribution in [2.45, 2.75) is 114 Å². The molecule has 10 aliphatic rings. The van der Waals surface area contributed by atoms with E-state index in [2.05, 4.69) is 57.5 Å². The number of phenols is 1. The zero-order chi connectivity index (χ0) is 69.3. The molecule has 1 N–H and O–H groups in total. The van der Waals surface area contributed by atoms with E-state index in [9.17, 15) is 34.8 Å². The summed E-state index contributed by atoms with van der Waals surface area (Å²) in [7, 11) is 10.5. The molecule has 4 bridgehead atoms. The number of nitrogens with zero attached hydrogens (tertiary/aromatic N) is 8. The molecule has 4 amide bonds. The summed E-state index contributed by atoms with van der Waals surface area (Å²) < 4.78 is 65.7. The van der Waals surface area contributed by atoms with Crippen molar-refractivity contribution < 1.29 is 76.4 Å². The number of benzene rings is 6. The Hall–Kier alpha value is -9.92. The van der Waals surface area contributed by atoms with Crippen molar-refractivity contribution in [3.63, 3.8) is 0 Å². The molecule has 0 unspecified atom stereocenters. The number of methoxy groups -OCH3 is 4. The molecule has 10 heterocycles. The number of nitriles is 2. The van der Waals surface area contributed by atoms with E-state index in [1.807, 2.05) is 27.8 Å². The third-order valence-corrected chi connectivity index (χ3v) is 22.0. The van der Waals surface area contributed by atoms with Gasteiger partial charge in [-0.05, 0) is 114 Å². The van der Waals surface area contributed by atoms with Crippen LogP contribution in [-0.2, 0) is 35.2 Å². The lowest BCUT2D eigenvalue weighted by Gasteiger charge is -2.60. The van der Waals surface area contributed by atoms with Gasteiger partial charge in [-0.3, -0.25) is 48.6 Å². The average Bonchev–Trinajstić information content (AvgIpc) is 0.828. The summed E-state index contributed by atoms with van der Waals surface area (Å²) in [6.07, 6.45) is 3.65. The van der Waals surface area contributed by atoms with Crippen LogP contribution in [-0.4, -0.2) is 184 Å². The van der Waals surface area contributed by atoms with Crippen LogP contribution in [0, 0.1) is 50.4 Å². The molecule has 10 aliphatic heterocycles. The number of likely N-dealkylation sites (N-methyl/N-ethyl adjacent to an activating group) is 2. The molecule has 512 valence electrons. The molecule has 0 aliphatic carbocycles. The van der Waals surface area contributed by atoms with Gasteiger partial charge in [0.05, 0.1) is 72.8 Å². The second-order valence-corrected chi connectivity index (χ2v) is 26.7. The molecule has 24 heteroatoms. The van der Waals surface area contributed by atoms with Gasteiger partial charge in [0.2, 0.25) is 13.6 Å². The quantitative estimate of drug-likeness (QED) is 0.0574. The van der Waals surface area contributed by atoms with Crippen molar-refractivity contribution in [1.29, 1.82) is 10.5 Å². The van der Waals surface area contributed by atoms with E-state index >= 15 is 0 Å². The first kappa shape index (κ1) is 65.0. The van der Waals surface area contributed by atoms with Crippen LogP contribution in [0.5, 0.6) is 57.5 Å². The lowest BCUT2D eigenvalue weighted by Crippen LogP contribution is -2.69. The number of carbonyl (C=O) groups excluding carboxylic acids is 4. The lowest BCUT2D eigenvalue weighted by molar-refractivity contribution is -0.0766. The second-order valence-electron chi connectivity index (χ2n) is 26.7. The minimum Gasteiger partial charge on any atom is -0.507 e. The SMILES string of the molecule is C=CCOc1c(C)c2c(c3c1C[C@H]1[C@H]4c5c(cc(C)c(OC)c5OCOC)C[C@@H]([C@H](C#N)N1[C@H]3CN1C(=O)c3ccccc3C1=O)N4C)OCO2.COCOc1c(OC)c(C)cc2c1[C@@H]1[C@@H]3Cc4c(O)c(C)c5c(c4[C@H](CN4C(=O)c6ccccc6C4=O)N3[C@@H](C#N)[C@H](C2)N1C)OCO5. The van der Waals surface area contributed by atoms with Gasteiger partial charge in [-0.15, -0.1) is 0 Å². The molecular weight excluding hydrogens is 1270 g/mol. The topological polar surface area (TPSA) is 257 Å². The van der Waals surface area contributed by atoms with Crippen molar-refractivity contribution in [2.24, 2.45) is 0 Å². The molecular formula is C75H76N8O16. The molecule has 16 rings (SSSR count). The molecule has 99 heavy (non-hydrogen) atoms. The Balaban J connectivity index is 0.000000162. The number of phenolic OH excluding ortho intramolecular Hbond substituents is 1. The van der Waals surface area contributed by atoms with E-state index in [1.54, 1.807) is 90.0 Å². The van der Waals surface area contributed by atoms with Gasteiger partial charge in [0, 0.05) is 96.0 Å². The number of imide groups is 2. The van der Waals surface area contributed by atoms with E-state index in [4.69, 9.17) is 52.1 Å². The first-order valence-electron chi connectivity index (χ1n) is 33.1. The highest BCUT2D eigenvalue weighted by Crippen LogP contribution is 2.62. The first-order valence-corrected chi connectivity index (χ1v) is 33.1. The van der Waals surface area contributed by atoms with Crippen LogP contribution in [0.1, 0.15) is 132 Å². The van der Waals surface area contributed by atoms with Crippen LogP contribution < -0.4 is 42.6 Å². The number of piperazine rings is 2. The highest BCUT2D eigenvalue weighted by molar-refractivity contribution is 6.22. The number of amides is 4. The Morgan fingerprint density at radius 1 is 0.535 bits per heavy atom. The zero-order valence-corrected chi connectivity index (χ0v) is 56.8. The van der Waals surface area contributed by atoms with Crippen LogP contribution in [0.25, 0.3) is 0 Å². The van der Waals surface area contributed by atoms with Gasteiger partial charge in [0.1, 0.15) is 30.2 Å². The predicted molar refractivity (Wildman–Crippen MR) is 355 cm³/mol. The number of hydrogen-bond donors (Lipinski definition) is 1. The molecule has 0 radical (unpaired) electrons. The Morgan fingerprint density at radius 2 is 0.939 bits per heavy atom. The fourth-order valence-corrected chi connectivity index (χ4v) is 18.0. The fraction of sp³-hybridized carbons (Fsp3) is 0.413. The maximum atomic E-state index is 13.9. The molecule has 24 nitrogen and oxygen atoms in total. The normalized spacial score (nSPS) is 24.8. The largest absolute Gasteiger partial charge is 0.507 e. The Kier molecular flexibility index (Phi) is 16.5. The molecule has 0 aromatic heterocycles. The van der Waals surface area contributed by atoms with E-state index in [1.165, 1.54) is 9.80 Å². The number of aryl methyl sites for hydroxylation is 2. The highest BCUT2D eigenvalue weighted by Gasteiger charge is 2.60. The minimum absolute atomic E-state index is 0.00590. The van der Waals surface area contributed by atoms with Crippen molar-refractivity contribution in [3.8, 4) is 69.6 Å². The number of ether oxygens (including phenoxy) is 11. The summed E-state index contributed by atoms with van der Waals surface area (Å²) in [4.78, 5) is 66.9. The predicted octanol–water partition coefficient (Wildman–Crippen LogP) is 8.45. The summed E-state index contributed by atoms with van der Waals surface area (Å²) in [5, 5.41) is 33.8. The number of hydrogen-bond acceptors (Lipinski definition) is 22. The number of fused-ring (bicyclic) bond motifs is 20. The summed E-state index contributed by atoms with van der Waals surface area (Å²) in [5.74, 6) is 3.62. The van der Waals surface area contributed by atoms with Gasteiger partial charge in [-0.1, -0.05) is 49.1 Å². The summed E-state index contributed by atoms with van der Waals surface area (Å²) >= 11 is 0. The molecule has 0 spiro atoms. The highest BCUT2D eigenvalue weighted by atomic mass is 16.7. The third kappa shape index (κ3) is 9.65. The first-order chi connectivity index (χ1) is 48.0. The van der Waals surface area contributed by atoms with Crippen LogP contribution >= 0.6 is 0 Å². The molecule has 2 fully saturated rings. The van der Waals surface area contributed by atoms with Crippen LogP contribution in [0.2, 0.25) is 0 Å². The van der Waals surface area contributed by atoms with Crippen LogP contribution in [0.15, 0.2) is 73.3 Å². The van der Waals surface area contributed by atoms with E-state index in [-0.39, 0.29) is 101 Å². The third-order valence-electron chi connectivity index (χ3n) is 22.0. The maximum absolute atomic E-state index is 13.9. The summed E-state index contributed by atoms with van der Waals surface area (Å²) in [6, 6.07) is 18.9. The van der Waals surface area contributed by atoms with E-state index < -0.39 is 36.0 Å². The summed E-state index contributed by atoms with van der Waals surface area (Å²) in [5.41, 5.74) is 11.6. The Bertz CT molecular complexity index is 4450. The van der Waals surface area contributed by atoms with Crippen molar-refractivity contribution in [2.75, 3.05) is 89.4 Å². The van der Waals surface area contributed by atoms with Gasteiger partial charge in [0.25, 0.3) is 23.6 Å². The standard InChI is InChI=1S/C39H40N4O8.C36H36N4O8/c1-7-12-48-34-21(3)35-37(51-19-50-35)31-25(34)15-27-32-30-22(13-20(2)33(47-6)36(30)49-18-46-5)14-26(41(32)4)28(16-40)43(27)29(31)17-42-38(44)23-10-8-9-11-24(23)39(42)45;1-17-10-19-11-23-25(13-37)40-24(29(38(23)3)27(19)33(31(17)45-5)46-15-44-4)12-22-28(34-32(47-16-48-34)18(2)30(22)41)26(40)14-39-35(42)20-8-6-7-9-21(20)36(39)43/h7-11,13,26-29,32H,1,12,14-15,17-19H2,2-6H3;6-10,23-26,29,41H,11-12,14-16H2,1-5H3/t26-,27-,28-,29-,32-;23-,24-,25-,26-,29-/m00/s1. The minimum atomic E-state index is -0.691. The maximum Gasteiger partial charge on any atom is 0.261 e. The lowest BCUT2D eigenvalue weighted by atomic mass is 9.71. The van der Waals surface area contributed by atoms with Gasteiger partial charge >= 0.3 is 0 Å².